The summed E-state index contributed by atoms with van der Waals surface area (Å²) in [7, 11) is 0. The van der Waals surface area contributed by atoms with E-state index in [9.17, 15) is 9.90 Å². The van der Waals surface area contributed by atoms with Gasteiger partial charge in [0.25, 0.3) is 0 Å². The van der Waals surface area contributed by atoms with Gasteiger partial charge in [-0.15, -0.1) is 0 Å². The maximum atomic E-state index is 12.2. The number of furan rings is 1. The summed E-state index contributed by atoms with van der Waals surface area (Å²) in [4.78, 5) is 12.2. The third-order valence-electron chi connectivity index (χ3n) is 4.98. The highest BCUT2D eigenvalue weighted by molar-refractivity contribution is 5.82. The lowest BCUT2D eigenvalue weighted by Gasteiger charge is -2.38. The Hall–Kier alpha value is -1.29. The van der Waals surface area contributed by atoms with E-state index in [-0.39, 0.29) is 29.3 Å². The van der Waals surface area contributed by atoms with Crippen molar-refractivity contribution in [2.75, 3.05) is 6.54 Å². The second-order valence-corrected chi connectivity index (χ2v) is 6.60. The van der Waals surface area contributed by atoms with Gasteiger partial charge in [0, 0.05) is 23.8 Å². The van der Waals surface area contributed by atoms with Gasteiger partial charge in [-0.1, -0.05) is 19.8 Å². The normalized spacial score (nSPS) is 36.6. The molecular formula is C16H23NO3. The van der Waals surface area contributed by atoms with E-state index in [0.29, 0.717) is 6.54 Å². The monoisotopic (exact) mass is 277 g/mol. The molecule has 2 N–H and O–H groups in total. The minimum atomic E-state index is -0.295. The lowest BCUT2D eigenvalue weighted by molar-refractivity contribution is -0.123. The van der Waals surface area contributed by atoms with E-state index < -0.39 is 0 Å². The van der Waals surface area contributed by atoms with Crippen molar-refractivity contribution >= 4 is 5.91 Å². The zero-order valence-electron chi connectivity index (χ0n) is 12.0. The fourth-order valence-electron chi connectivity index (χ4n) is 3.31. The van der Waals surface area contributed by atoms with Crippen LogP contribution in [0.5, 0.6) is 0 Å². The lowest BCUT2D eigenvalue weighted by Crippen LogP contribution is -2.45. The Labute approximate surface area is 119 Å². The second kappa shape index (κ2) is 5.24. The number of hydrogen-bond acceptors (Lipinski definition) is 3. The molecule has 1 aromatic heterocycles. The number of aliphatic hydroxyl groups is 1. The second-order valence-electron chi connectivity index (χ2n) is 6.60. The van der Waals surface area contributed by atoms with Crippen LogP contribution < -0.4 is 5.32 Å². The van der Waals surface area contributed by atoms with Crippen LogP contribution in [0, 0.1) is 11.3 Å². The van der Waals surface area contributed by atoms with Crippen LogP contribution in [0.1, 0.15) is 50.7 Å². The molecule has 20 heavy (non-hydrogen) atoms. The standard InChI is InChI=1S/C16H23NO3/c1-16(7-3-2-6-14(16)18)10-17-15(19)12-9-11(12)13-5-4-8-20-13/h4-5,8,11-12,14,18H,2-3,6-7,9-10H2,1H3,(H,17,19)/t11-,12-,14+,16-/m1/s1. The molecule has 4 atom stereocenters. The van der Waals surface area contributed by atoms with Crippen molar-refractivity contribution in [1.82, 2.24) is 5.32 Å². The summed E-state index contributed by atoms with van der Waals surface area (Å²) in [5, 5.41) is 13.2. The molecule has 110 valence electrons. The Morgan fingerprint density at radius 1 is 1.55 bits per heavy atom. The summed E-state index contributed by atoms with van der Waals surface area (Å²) in [5.74, 6) is 1.30. The van der Waals surface area contributed by atoms with Gasteiger partial charge in [0.05, 0.1) is 12.4 Å². The van der Waals surface area contributed by atoms with Gasteiger partial charge in [0.1, 0.15) is 5.76 Å². The average Bonchev–Trinajstić information content (AvgIpc) is 3.06. The van der Waals surface area contributed by atoms with Gasteiger partial charge in [-0.25, -0.2) is 0 Å². The van der Waals surface area contributed by atoms with Crippen LogP contribution in [0.25, 0.3) is 0 Å². The van der Waals surface area contributed by atoms with E-state index in [1.54, 1.807) is 6.26 Å². The average molecular weight is 277 g/mol. The summed E-state index contributed by atoms with van der Waals surface area (Å²) in [6.07, 6.45) is 6.30. The molecule has 0 aromatic carbocycles. The fraction of sp³-hybridized carbons (Fsp3) is 0.688. The molecule has 0 bridgehead atoms. The number of carbonyl (C=O) groups is 1. The van der Waals surface area contributed by atoms with Crippen molar-refractivity contribution in [3.05, 3.63) is 24.2 Å². The molecule has 0 unspecified atom stereocenters. The predicted molar refractivity (Wildman–Crippen MR) is 75.1 cm³/mol. The van der Waals surface area contributed by atoms with Crippen LogP contribution in [0.3, 0.4) is 0 Å². The largest absolute Gasteiger partial charge is 0.469 e. The molecule has 1 aromatic rings. The SMILES string of the molecule is C[C@]1(CNC(=O)[C@@H]2C[C@H]2c2ccco2)CCCC[C@@H]1O. The topological polar surface area (TPSA) is 62.5 Å². The van der Waals surface area contributed by atoms with Crippen LogP contribution >= 0.6 is 0 Å². The van der Waals surface area contributed by atoms with Crippen molar-refractivity contribution in [2.24, 2.45) is 11.3 Å². The maximum Gasteiger partial charge on any atom is 0.223 e. The zero-order valence-corrected chi connectivity index (χ0v) is 12.0. The van der Waals surface area contributed by atoms with Gasteiger partial charge < -0.3 is 14.8 Å². The summed E-state index contributed by atoms with van der Waals surface area (Å²) >= 11 is 0. The van der Waals surface area contributed by atoms with Gasteiger partial charge in [0.2, 0.25) is 5.91 Å². The Morgan fingerprint density at radius 3 is 3.10 bits per heavy atom. The maximum absolute atomic E-state index is 12.2. The number of hydrogen-bond donors (Lipinski definition) is 2. The highest BCUT2D eigenvalue weighted by atomic mass is 16.3. The molecule has 0 saturated heterocycles. The molecule has 0 radical (unpaired) electrons. The molecule has 2 fully saturated rings. The van der Waals surface area contributed by atoms with Crippen molar-refractivity contribution in [3.8, 4) is 0 Å². The molecule has 0 spiro atoms. The molecule has 2 aliphatic rings. The van der Waals surface area contributed by atoms with Crippen LogP contribution in [0.15, 0.2) is 22.8 Å². The van der Waals surface area contributed by atoms with Gasteiger partial charge in [0.15, 0.2) is 0 Å². The van der Waals surface area contributed by atoms with E-state index >= 15 is 0 Å². The van der Waals surface area contributed by atoms with Crippen molar-refractivity contribution < 1.29 is 14.3 Å². The zero-order chi connectivity index (χ0) is 14.2. The molecule has 0 aliphatic heterocycles. The van der Waals surface area contributed by atoms with Gasteiger partial charge in [-0.3, -0.25) is 4.79 Å². The van der Waals surface area contributed by atoms with E-state index in [4.69, 9.17) is 4.42 Å². The van der Waals surface area contributed by atoms with Crippen molar-refractivity contribution in [2.45, 2.75) is 51.0 Å². The molecule has 2 saturated carbocycles. The Balaban J connectivity index is 1.51. The third-order valence-corrected chi connectivity index (χ3v) is 4.98. The number of aliphatic hydroxyl groups excluding tert-OH is 1. The van der Waals surface area contributed by atoms with Gasteiger partial charge in [-0.2, -0.15) is 0 Å². The Morgan fingerprint density at radius 2 is 2.40 bits per heavy atom. The van der Waals surface area contributed by atoms with Crippen molar-refractivity contribution in [1.29, 1.82) is 0 Å². The fourth-order valence-corrected chi connectivity index (χ4v) is 3.31. The first-order valence-corrected chi connectivity index (χ1v) is 7.59. The van der Waals surface area contributed by atoms with E-state index in [0.717, 1.165) is 37.9 Å². The van der Waals surface area contributed by atoms with Crippen LogP contribution in [0.4, 0.5) is 0 Å². The molecule has 3 rings (SSSR count). The minimum absolute atomic E-state index is 0.0467. The predicted octanol–water partition coefficient (Wildman–Crippen LogP) is 2.44. The first-order valence-electron chi connectivity index (χ1n) is 7.59. The number of amides is 1. The van der Waals surface area contributed by atoms with Crippen LogP contribution in [-0.4, -0.2) is 23.7 Å². The van der Waals surface area contributed by atoms with Crippen LogP contribution in [0.2, 0.25) is 0 Å². The number of rotatable bonds is 4. The molecule has 4 heteroatoms. The minimum Gasteiger partial charge on any atom is -0.469 e. The first kappa shape index (κ1) is 13.7. The molecule has 1 amide bonds. The Kier molecular flexibility index (Phi) is 3.59. The first-order chi connectivity index (χ1) is 9.60. The Bertz CT molecular complexity index is 470. The van der Waals surface area contributed by atoms with Crippen molar-refractivity contribution in [3.63, 3.8) is 0 Å². The molecule has 2 aliphatic carbocycles. The number of carbonyl (C=O) groups excluding carboxylic acids is 1. The molecule has 4 nitrogen and oxygen atoms in total. The summed E-state index contributed by atoms with van der Waals surface area (Å²) in [6.45, 7) is 2.66. The highest BCUT2D eigenvalue weighted by Crippen LogP contribution is 2.47. The quantitative estimate of drug-likeness (QED) is 0.888. The summed E-state index contributed by atoms with van der Waals surface area (Å²) < 4.78 is 5.35. The summed E-state index contributed by atoms with van der Waals surface area (Å²) in [5.41, 5.74) is -0.164. The molecular weight excluding hydrogens is 254 g/mol. The van der Waals surface area contributed by atoms with E-state index in [2.05, 4.69) is 12.2 Å². The van der Waals surface area contributed by atoms with Gasteiger partial charge >= 0.3 is 0 Å². The smallest absolute Gasteiger partial charge is 0.223 e. The lowest BCUT2D eigenvalue weighted by atomic mass is 9.73. The third kappa shape index (κ3) is 2.62. The highest BCUT2D eigenvalue weighted by Gasteiger charge is 2.46. The van der Waals surface area contributed by atoms with Gasteiger partial charge in [-0.05, 0) is 31.4 Å². The van der Waals surface area contributed by atoms with E-state index in [1.165, 1.54) is 0 Å². The van der Waals surface area contributed by atoms with Crippen LogP contribution in [-0.2, 0) is 4.79 Å². The molecule has 1 heterocycles. The number of nitrogens with one attached hydrogen (secondary N) is 1. The van der Waals surface area contributed by atoms with E-state index in [1.807, 2.05) is 12.1 Å². The summed E-state index contributed by atoms with van der Waals surface area (Å²) in [6, 6.07) is 3.80.